The number of nitrogens with zero attached hydrogens (tertiary/aromatic N) is 1. The zero-order chi connectivity index (χ0) is 13.1. The van der Waals surface area contributed by atoms with E-state index in [4.69, 9.17) is 5.11 Å². The van der Waals surface area contributed by atoms with Crippen LogP contribution in [0.25, 0.3) is 0 Å². The number of benzene rings is 1. The Kier molecular flexibility index (Phi) is 3.79. The molecule has 1 aliphatic heterocycles. The lowest BCUT2D eigenvalue weighted by atomic mass is 10.1. The van der Waals surface area contributed by atoms with Crippen LogP contribution in [0.1, 0.15) is 24.8 Å². The third-order valence-electron chi connectivity index (χ3n) is 3.18. The highest BCUT2D eigenvalue weighted by Gasteiger charge is 2.19. The molecule has 1 aliphatic rings. The van der Waals surface area contributed by atoms with E-state index in [1.54, 1.807) is 0 Å². The summed E-state index contributed by atoms with van der Waals surface area (Å²) in [6, 6.07) is 2.30. The molecular weight excluding hydrogens is 240 g/mol. The molecule has 0 saturated carbocycles. The van der Waals surface area contributed by atoms with Crippen LogP contribution in [0, 0.1) is 11.6 Å². The van der Waals surface area contributed by atoms with Gasteiger partial charge in [-0.05, 0) is 30.9 Å². The molecule has 5 heteroatoms. The molecule has 0 radical (unpaired) electrons. The fourth-order valence-electron chi connectivity index (χ4n) is 2.27. The second-order valence-corrected chi connectivity index (χ2v) is 4.48. The number of carbonyl (C=O) groups is 1. The molecule has 1 fully saturated rings. The standard InChI is InChI=1S/C13H15F2NO2/c14-10-7-9(3-4-13(17)18)12(8-11(10)15)16-5-1-2-6-16/h7-8H,1-6H2,(H,17,18). The van der Waals surface area contributed by atoms with Gasteiger partial charge in [-0.25, -0.2) is 8.78 Å². The van der Waals surface area contributed by atoms with Crippen LogP contribution in [0.2, 0.25) is 0 Å². The van der Waals surface area contributed by atoms with Crippen LogP contribution in [-0.2, 0) is 11.2 Å². The Balaban J connectivity index is 2.28. The molecule has 1 aromatic rings. The van der Waals surface area contributed by atoms with Crippen molar-refractivity contribution in [1.29, 1.82) is 0 Å². The molecule has 0 spiro atoms. The number of hydrogen-bond donors (Lipinski definition) is 1. The second-order valence-electron chi connectivity index (χ2n) is 4.48. The Bertz CT molecular complexity index is 457. The summed E-state index contributed by atoms with van der Waals surface area (Å²) in [5.74, 6) is -2.73. The molecule has 18 heavy (non-hydrogen) atoms. The van der Waals surface area contributed by atoms with Crippen molar-refractivity contribution in [2.24, 2.45) is 0 Å². The van der Waals surface area contributed by atoms with Gasteiger partial charge in [0.15, 0.2) is 11.6 Å². The number of hydrogen-bond acceptors (Lipinski definition) is 2. The summed E-state index contributed by atoms with van der Waals surface area (Å²) in [5.41, 5.74) is 1.20. The van der Waals surface area contributed by atoms with Crippen LogP contribution in [0.3, 0.4) is 0 Å². The molecule has 2 rings (SSSR count). The molecule has 3 nitrogen and oxygen atoms in total. The average Bonchev–Trinajstić information content (AvgIpc) is 2.83. The summed E-state index contributed by atoms with van der Waals surface area (Å²) < 4.78 is 26.5. The van der Waals surface area contributed by atoms with E-state index in [0.717, 1.165) is 32.0 Å². The Morgan fingerprint density at radius 1 is 1.22 bits per heavy atom. The van der Waals surface area contributed by atoms with Gasteiger partial charge < -0.3 is 10.0 Å². The quantitative estimate of drug-likeness (QED) is 0.899. The summed E-state index contributed by atoms with van der Waals surface area (Å²) in [6.45, 7) is 1.62. The van der Waals surface area contributed by atoms with E-state index in [1.807, 2.05) is 4.90 Å². The molecule has 0 aliphatic carbocycles. The minimum absolute atomic E-state index is 0.0775. The van der Waals surface area contributed by atoms with Crippen molar-refractivity contribution in [2.45, 2.75) is 25.7 Å². The molecule has 0 atom stereocenters. The molecular formula is C13H15F2NO2. The Morgan fingerprint density at radius 3 is 2.44 bits per heavy atom. The van der Waals surface area contributed by atoms with Gasteiger partial charge in [-0.3, -0.25) is 4.79 Å². The topological polar surface area (TPSA) is 40.5 Å². The normalized spacial score (nSPS) is 15.1. The van der Waals surface area contributed by atoms with Crippen molar-refractivity contribution < 1.29 is 18.7 Å². The van der Waals surface area contributed by atoms with Crippen LogP contribution in [0.15, 0.2) is 12.1 Å². The van der Waals surface area contributed by atoms with Gasteiger partial charge in [0.1, 0.15) is 0 Å². The monoisotopic (exact) mass is 255 g/mol. The largest absolute Gasteiger partial charge is 0.481 e. The summed E-state index contributed by atoms with van der Waals surface area (Å²) in [7, 11) is 0. The van der Waals surface area contributed by atoms with Gasteiger partial charge >= 0.3 is 5.97 Å². The third-order valence-corrected chi connectivity index (χ3v) is 3.18. The van der Waals surface area contributed by atoms with Gasteiger partial charge in [0, 0.05) is 31.3 Å². The number of anilines is 1. The summed E-state index contributed by atoms with van der Waals surface area (Å²) in [6.07, 6.45) is 2.19. The zero-order valence-electron chi connectivity index (χ0n) is 9.96. The summed E-state index contributed by atoms with van der Waals surface area (Å²) in [4.78, 5) is 12.6. The second kappa shape index (κ2) is 5.33. The first kappa shape index (κ1) is 12.8. The van der Waals surface area contributed by atoms with Gasteiger partial charge in [-0.15, -0.1) is 0 Å². The van der Waals surface area contributed by atoms with Gasteiger partial charge in [-0.1, -0.05) is 0 Å². The van der Waals surface area contributed by atoms with Crippen molar-refractivity contribution >= 4 is 11.7 Å². The lowest BCUT2D eigenvalue weighted by Crippen LogP contribution is -2.20. The Labute approximate surface area is 104 Å². The van der Waals surface area contributed by atoms with Crippen LogP contribution in [0.4, 0.5) is 14.5 Å². The molecule has 1 saturated heterocycles. The first-order valence-electron chi connectivity index (χ1n) is 6.02. The highest BCUT2D eigenvalue weighted by molar-refractivity contribution is 5.68. The van der Waals surface area contributed by atoms with Gasteiger partial charge in [-0.2, -0.15) is 0 Å². The summed E-state index contributed by atoms with van der Waals surface area (Å²) in [5, 5.41) is 8.67. The SMILES string of the molecule is O=C(O)CCc1cc(F)c(F)cc1N1CCCC1. The Morgan fingerprint density at radius 2 is 1.83 bits per heavy atom. The van der Waals surface area contributed by atoms with Crippen LogP contribution >= 0.6 is 0 Å². The molecule has 1 heterocycles. The van der Waals surface area contributed by atoms with Crippen molar-refractivity contribution in [3.63, 3.8) is 0 Å². The molecule has 0 bridgehead atoms. The molecule has 1 aromatic carbocycles. The van der Waals surface area contributed by atoms with Crippen molar-refractivity contribution in [3.05, 3.63) is 29.3 Å². The van der Waals surface area contributed by atoms with Crippen molar-refractivity contribution in [2.75, 3.05) is 18.0 Å². The number of carboxylic acids is 1. The van der Waals surface area contributed by atoms with Gasteiger partial charge in [0.25, 0.3) is 0 Å². The lowest BCUT2D eigenvalue weighted by Gasteiger charge is -2.21. The fraction of sp³-hybridized carbons (Fsp3) is 0.462. The first-order valence-corrected chi connectivity index (χ1v) is 6.02. The summed E-state index contributed by atoms with van der Waals surface area (Å²) >= 11 is 0. The predicted octanol–water partition coefficient (Wildman–Crippen LogP) is 2.58. The van der Waals surface area contributed by atoms with E-state index in [2.05, 4.69) is 0 Å². The van der Waals surface area contributed by atoms with Crippen LogP contribution < -0.4 is 4.90 Å². The number of aliphatic carboxylic acids is 1. The maximum atomic E-state index is 13.3. The molecule has 0 amide bonds. The van der Waals surface area contributed by atoms with Crippen LogP contribution in [0.5, 0.6) is 0 Å². The molecule has 0 aromatic heterocycles. The number of rotatable bonds is 4. The maximum Gasteiger partial charge on any atom is 0.303 e. The van der Waals surface area contributed by atoms with Gasteiger partial charge in [0.2, 0.25) is 0 Å². The number of halogens is 2. The molecule has 0 unspecified atom stereocenters. The fourth-order valence-corrected chi connectivity index (χ4v) is 2.27. The molecule has 1 N–H and O–H groups in total. The molecule has 98 valence electrons. The van der Waals surface area contributed by atoms with Gasteiger partial charge in [0.05, 0.1) is 0 Å². The highest BCUT2D eigenvalue weighted by Crippen LogP contribution is 2.28. The zero-order valence-corrected chi connectivity index (χ0v) is 9.96. The van der Waals surface area contributed by atoms with Crippen molar-refractivity contribution in [3.8, 4) is 0 Å². The third kappa shape index (κ3) is 2.78. The predicted molar refractivity (Wildman–Crippen MR) is 63.8 cm³/mol. The number of carboxylic acid groups (broad SMARTS) is 1. The first-order chi connectivity index (χ1) is 8.58. The highest BCUT2D eigenvalue weighted by atomic mass is 19.2. The minimum atomic E-state index is -0.938. The minimum Gasteiger partial charge on any atom is -0.481 e. The van der Waals surface area contributed by atoms with E-state index >= 15 is 0 Å². The number of aryl methyl sites for hydroxylation is 1. The van der Waals surface area contributed by atoms with E-state index in [9.17, 15) is 13.6 Å². The smallest absolute Gasteiger partial charge is 0.303 e. The van der Waals surface area contributed by atoms with Crippen LogP contribution in [-0.4, -0.2) is 24.2 Å². The van der Waals surface area contributed by atoms with E-state index in [1.165, 1.54) is 6.07 Å². The van der Waals surface area contributed by atoms with E-state index in [-0.39, 0.29) is 12.8 Å². The van der Waals surface area contributed by atoms with Crippen molar-refractivity contribution in [1.82, 2.24) is 0 Å². The van der Waals surface area contributed by atoms with E-state index in [0.29, 0.717) is 11.3 Å². The lowest BCUT2D eigenvalue weighted by molar-refractivity contribution is -0.136. The average molecular weight is 255 g/mol. The maximum absolute atomic E-state index is 13.3. The van der Waals surface area contributed by atoms with E-state index < -0.39 is 17.6 Å². The Hall–Kier alpha value is -1.65.